The average molecular weight is 385 g/mol. The zero-order valence-corrected chi connectivity index (χ0v) is 16.2. The van der Waals surface area contributed by atoms with E-state index in [1.165, 1.54) is 12.8 Å². The third-order valence-electron chi connectivity index (χ3n) is 5.68. The minimum absolute atomic E-state index is 0.0995. The van der Waals surface area contributed by atoms with Crippen LogP contribution in [0.5, 0.6) is 0 Å². The second-order valence-corrected chi connectivity index (χ2v) is 7.50. The Morgan fingerprint density at radius 2 is 1.90 bits per heavy atom. The topological polar surface area (TPSA) is 64.2 Å². The SMILES string of the molecule is O=C(NCc1ccccn1)c1cc(-c2ccnn2C2CCCC2)n2ccccc12. The summed E-state index contributed by atoms with van der Waals surface area (Å²) in [6.07, 6.45) is 10.4. The molecule has 1 fully saturated rings. The molecule has 1 aliphatic carbocycles. The minimum atomic E-state index is -0.0995. The number of nitrogens with one attached hydrogen (secondary N) is 1. The summed E-state index contributed by atoms with van der Waals surface area (Å²) in [6, 6.07) is 16.1. The fourth-order valence-electron chi connectivity index (χ4n) is 4.26. The first-order valence-electron chi connectivity index (χ1n) is 10.1. The highest BCUT2D eigenvalue weighted by molar-refractivity contribution is 6.02. The van der Waals surface area contributed by atoms with E-state index in [1.54, 1.807) is 6.20 Å². The minimum Gasteiger partial charge on any atom is -0.346 e. The van der Waals surface area contributed by atoms with Crippen molar-refractivity contribution in [2.24, 2.45) is 0 Å². The lowest BCUT2D eigenvalue weighted by Crippen LogP contribution is -2.23. The largest absolute Gasteiger partial charge is 0.346 e. The van der Waals surface area contributed by atoms with Crippen LogP contribution >= 0.6 is 0 Å². The predicted molar refractivity (Wildman–Crippen MR) is 112 cm³/mol. The van der Waals surface area contributed by atoms with Crippen LogP contribution in [0, 0.1) is 0 Å². The third-order valence-corrected chi connectivity index (χ3v) is 5.68. The molecule has 0 aromatic carbocycles. The Morgan fingerprint density at radius 3 is 2.72 bits per heavy atom. The first-order valence-corrected chi connectivity index (χ1v) is 10.1. The number of hydrogen-bond donors (Lipinski definition) is 1. The van der Waals surface area contributed by atoms with Crippen molar-refractivity contribution in [3.05, 3.63) is 78.4 Å². The molecule has 0 saturated heterocycles. The summed E-state index contributed by atoms with van der Waals surface area (Å²) < 4.78 is 4.22. The highest BCUT2D eigenvalue weighted by Crippen LogP contribution is 2.34. The molecule has 1 amide bonds. The van der Waals surface area contributed by atoms with Crippen LogP contribution < -0.4 is 5.32 Å². The Bertz CT molecular complexity index is 1140. The number of fused-ring (bicyclic) bond motifs is 1. The first-order chi connectivity index (χ1) is 14.3. The fraction of sp³-hybridized carbons (Fsp3) is 0.261. The van der Waals surface area contributed by atoms with E-state index in [9.17, 15) is 4.79 Å². The van der Waals surface area contributed by atoms with Gasteiger partial charge in [-0.2, -0.15) is 5.10 Å². The van der Waals surface area contributed by atoms with Gasteiger partial charge in [-0.15, -0.1) is 0 Å². The van der Waals surface area contributed by atoms with Crippen LogP contribution in [0.3, 0.4) is 0 Å². The van der Waals surface area contributed by atoms with Gasteiger partial charge in [0.25, 0.3) is 5.91 Å². The van der Waals surface area contributed by atoms with Gasteiger partial charge in [0.1, 0.15) is 0 Å². The van der Waals surface area contributed by atoms with Gasteiger partial charge in [-0.1, -0.05) is 25.0 Å². The van der Waals surface area contributed by atoms with Crippen molar-refractivity contribution in [1.29, 1.82) is 0 Å². The van der Waals surface area contributed by atoms with E-state index in [0.717, 1.165) is 35.4 Å². The van der Waals surface area contributed by atoms with E-state index >= 15 is 0 Å². The van der Waals surface area contributed by atoms with Gasteiger partial charge in [0.2, 0.25) is 0 Å². The Morgan fingerprint density at radius 1 is 1.03 bits per heavy atom. The van der Waals surface area contributed by atoms with Crippen molar-refractivity contribution in [3.63, 3.8) is 0 Å². The van der Waals surface area contributed by atoms with Crippen LogP contribution in [0.1, 0.15) is 47.8 Å². The molecule has 29 heavy (non-hydrogen) atoms. The highest BCUT2D eigenvalue weighted by Gasteiger charge is 2.23. The molecule has 0 unspecified atom stereocenters. The lowest BCUT2D eigenvalue weighted by molar-refractivity contribution is 0.0952. The van der Waals surface area contributed by atoms with Gasteiger partial charge in [-0.05, 0) is 49.2 Å². The quantitative estimate of drug-likeness (QED) is 0.559. The number of rotatable bonds is 5. The predicted octanol–water partition coefficient (Wildman–Crippen LogP) is 4.24. The molecule has 6 heteroatoms. The molecule has 1 aliphatic rings. The molecule has 1 saturated carbocycles. The maximum Gasteiger partial charge on any atom is 0.253 e. The van der Waals surface area contributed by atoms with Crippen molar-refractivity contribution in [1.82, 2.24) is 24.5 Å². The highest BCUT2D eigenvalue weighted by atomic mass is 16.1. The lowest BCUT2D eigenvalue weighted by atomic mass is 10.2. The first kappa shape index (κ1) is 17.7. The molecule has 4 aromatic rings. The molecule has 4 aromatic heterocycles. The molecule has 6 nitrogen and oxygen atoms in total. The van der Waals surface area contributed by atoms with Gasteiger partial charge in [-0.25, -0.2) is 0 Å². The van der Waals surface area contributed by atoms with E-state index in [2.05, 4.69) is 24.5 Å². The van der Waals surface area contributed by atoms with Crippen molar-refractivity contribution in [2.45, 2.75) is 38.3 Å². The number of amides is 1. The van der Waals surface area contributed by atoms with Crippen LogP contribution in [-0.2, 0) is 6.54 Å². The molecule has 5 rings (SSSR count). The lowest BCUT2D eigenvalue weighted by Gasteiger charge is -2.14. The summed E-state index contributed by atoms with van der Waals surface area (Å²) in [6.45, 7) is 0.402. The van der Waals surface area contributed by atoms with Gasteiger partial charge in [-0.3, -0.25) is 14.5 Å². The monoisotopic (exact) mass is 385 g/mol. The molecule has 0 bridgehead atoms. The molecule has 146 valence electrons. The van der Waals surface area contributed by atoms with E-state index in [0.29, 0.717) is 18.2 Å². The zero-order valence-electron chi connectivity index (χ0n) is 16.2. The van der Waals surface area contributed by atoms with Crippen molar-refractivity contribution >= 4 is 11.4 Å². The number of hydrogen-bond acceptors (Lipinski definition) is 3. The van der Waals surface area contributed by atoms with E-state index in [4.69, 9.17) is 0 Å². The number of carbonyl (C=O) groups excluding carboxylic acids is 1. The third kappa shape index (κ3) is 3.31. The van der Waals surface area contributed by atoms with Crippen LogP contribution in [-0.4, -0.2) is 25.1 Å². The maximum absolute atomic E-state index is 13.0. The van der Waals surface area contributed by atoms with Gasteiger partial charge in [0.05, 0.1) is 40.7 Å². The average Bonchev–Trinajstić information content (AvgIpc) is 3.51. The number of aromatic nitrogens is 4. The van der Waals surface area contributed by atoms with Gasteiger partial charge >= 0.3 is 0 Å². The van der Waals surface area contributed by atoms with Crippen LogP contribution in [0.2, 0.25) is 0 Å². The summed E-state index contributed by atoms with van der Waals surface area (Å²) in [5.74, 6) is -0.0995. The van der Waals surface area contributed by atoms with Crippen molar-refractivity contribution < 1.29 is 4.79 Å². The van der Waals surface area contributed by atoms with Gasteiger partial charge < -0.3 is 9.72 Å². The van der Waals surface area contributed by atoms with Crippen molar-refractivity contribution in [2.75, 3.05) is 0 Å². The molecule has 4 heterocycles. The standard InChI is InChI=1S/C23H23N5O/c29-23(25-16-17-7-3-5-12-24-17)19-15-22(27-14-6-4-10-20(19)27)21-11-13-26-28(21)18-8-1-2-9-18/h3-7,10-15,18H,1-2,8-9,16H2,(H,25,29). The summed E-state index contributed by atoms with van der Waals surface area (Å²) in [5.41, 5.74) is 4.44. The van der Waals surface area contributed by atoms with Crippen LogP contribution in [0.4, 0.5) is 0 Å². The molecule has 0 atom stereocenters. The van der Waals surface area contributed by atoms with Crippen LogP contribution in [0.25, 0.3) is 16.9 Å². The van der Waals surface area contributed by atoms with E-state index in [1.807, 2.05) is 60.9 Å². The van der Waals surface area contributed by atoms with Gasteiger partial charge in [0.15, 0.2) is 0 Å². The Kier molecular flexibility index (Phi) is 4.60. The Hall–Kier alpha value is -3.41. The zero-order chi connectivity index (χ0) is 19.6. The molecular formula is C23H23N5O. The second kappa shape index (κ2) is 7.54. The van der Waals surface area contributed by atoms with Crippen molar-refractivity contribution in [3.8, 4) is 11.4 Å². The maximum atomic E-state index is 13.0. The smallest absolute Gasteiger partial charge is 0.253 e. The molecular weight excluding hydrogens is 362 g/mol. The van der Waals surface area contributed by atoms with E-state index in [-0.39, 0.29) is 5.91 Å². The summed E-state index contributed by atoms with van der Waals surface area (Å²) in [4.78, 5) is 17.3. The Labute approximate surface area is 169 Å². The summed E-state index contributed by atoms with van der Waals surface area (Å²) >= 11 is 0. The normalized spacial score (nSPS) is 14.5. The molecule has 0 aliphatic heterocycles. The number of pyridine rings is 2. The summed E-state index contributed by atoms with van der Waals surface area (Å²) in [7, 11) is 0. The second-order valence-electron chi connectivity index (χ2n) is 7.50. The molecule has 1 N–H and O–H groups in total. The van der Waals surface area contributed by atoms with Gasteiger partial charge in [0, 0.05) is 18.6 Å². The summed E-state index contributed by atoms with van der Waals surface area (Å²) in [5, 5.41) is 7.60. The number of nitrogens with zero attached hydrogens (tertiary/aromatic N) is 4. The molecule has 0 radical (unpaired) electrons. The number of carbonyl (C=O) groups is 1. The van der Waals surface area contributed by atoms with E-state index < -0.39 is 0 Å². The van der Waals surface area contributed by atoms with Crippen LogP contribution in [0.15, 0.2) is 67.1 Å². The molecule has 0 spiro atoms. The Balaban J connectivity index is 1.50. The fourth-order valence-corrected chi connectivity index (χ4v) is 4.26.